The molecular weight excluding hydrogens is 216 g/mol. The number of rotatable bonds is 3. The van der Waals surface area contributed by atoms with E-state index in [1.807, 2.05) is 19.1 Å². The van der Waals surface area contributed by atoms with Gasteiger partial charge in [-0.3, -0.25) is 4.79 Å². The summed E-state index contributed by atoms with van der Waals surface area (Å²) in [6.45, 7) is 10.3. The van der Waals surface area contributed by atoms with Gasteiger partial charge < -0.3 is 4.74 Å². The Bertz CT molecular complexity index is 380. The lowest BCUT2D eigenvalue weighted by Crippen LogP contribution is -2.37. The lowest BCUT2D eigenvalue weighted by molar-refractivity contribution is -0.145. The van der Waals surface area contributed by atoms with Crippen molar-refractivity contribution in [2.75, 3.05) is 0 Å². The quantitative estimate of drug-likeness (QED) is 0.596. The fourth-order valence-electron chi connectivity index (χ4n) is 1.58. The SMILES string of the molecule is CC(=O)O[C@H](C)c1cccc([Si](C)(C)C)c1. The summed E-state index contributed by atoms with van der Waals surface area (Å²) in [6.07, 6.45) is -0.159. The summed E-state index contributed by atoms with van der Waals surface area (Å²) in [7, 11) is -1.29. The van der Waals surface area contributed by atoms with E-state index in [1.54, 1.807) is 0 Å². The summed E-state index contributed by atoms with van der Waals surface area (Å²) in [5.41, 5.74) is 1.08. The van der Waals surface area contributed by atoms with Crippen LogP contribution in [0.4, 0.5) is 0 Å². The van der Waals surface area contributed by atoms with Crippen LogP contribution in [-0.2, 0) is 9.53 Å². The first-order valence-corrected chi connectivity index (χ1v) is 9.08. The number of carbonyl (C=O) groups excluding carboxylic acids is 1. The zero-order valence-corrected chi connectivity index (χ0v) is 11.7. The molecule has 0 saturated heterocycles. The van der Waals surface area contributed by atoms with E-state index < -0.39 is 8.07 Å². The van der Waals surface area contributed by atoms with E-state index >= 15 is 0 Å². The van der Waals surface area contributed by atoms with Crippen LogP contribution >= 0.6 is 0 Å². The van der Waals surface area contributed by atoms with Crippen molar-refractivity contribution in [2.24, 2.45) is 0 Å². The van der Waals surface area contributed by atoms with Gasteiger partial charge in [-0.2, -0.15) is 0 Å². The number of ether oxygens (including phenoxy) is 1. The third-order valence-corrected chi connectivity index (χ3v) is 4.61. The van der Waals surface area contributed by atoms with E-state index in [2.05, 4.69) is 31.8 Å². The summed E-state index contributed by atoms with van der Waals surface area (Å²) >= 11 is 0. The molecule has 16 heavy (non-hydrogen) atoms. The van der Waals surface area contributed by atoms with E-state index in [0.717, 1.165) is 5.56 Å². The van der Waals surface area contributed by atoms with Gasteiger partial charge in [-0.25, -0.2) is 0 Å². The Labute approximate surface area is 98.6 Å². The number of benzene rings is 1. The van der Waals surface area contributed by atoms with Crippen LogP contribution < -0.4 is 5.19 Å². The van der Waals surface area contributed by atoms with Crippen LogP contribution in [0.15, 0.2) is 24.3 Å². The molecule has 0 aliphatic carbocycles. The fourth-order valence-corrected chi connectivity index (χ4v) is 2.77. The van der Waals surface area contributed by atoms with Gasteiger partial charge in [-0.05, 0) is 12.5 Å². The Hall–Kier alpha value is -1.09. The van der Waals surface area contributed by atoms with E-state index in [4.69, 9.17) is 4.74 Å². The molecule has 0 fully saturated rings. The zero-order valence-electron chi connectivity index (χ0n) is 10.7. The Morgan fingerprint density at radius 3 is 2.44 bits per heavy atom. The van der Waals surface area contributed by atoms with Crippen LogP contribution in [0, 0.1) is 0 Å². The van der Waals surface area contributed by atoms with Crippen molar-refractivity contribution in [2.45, 2.75) is 39.6 Å². The predicted octanol–water partition coefficient (Wildman–Crippen LogP) is 2.86. The molecule has 0 radical (unpaired) electrons. The van der Waals surface area contributed by atoms with Crippen LogP contribution in [0.5, 0.6) is 0 Å². The molecule has 1 atom stereocenters. The monoisotopic (exact) mass is 236 g/mol. The Balaban J connectivity index is 2.94. The second kappa shape index (κ2) is 4.83. The molecule has 0 aliphatic heterocycles. The van der Waals surface area contributed by atoms with Crippen LogP contribution in [0.2, 0.25) is 19.6 Å². The van der Waals surface area contributed by atoms with Gasteiger partial charge in [0.15, 0.2) is 0 Å². The number of hydrogen-bond acceptors (Lipinski definition) is 2. The van der Waals surface area contributed by atoms with Crippen molar-refractivity contribution in [3.05, 3.63) is 29.8 Å². The van der Waals surface area contributed by atoms with Crippen LogP contribution in [-0.4, -0.2) is 14.0 Å². The summed E-state index contributed by atoms with van der Waals surface area (Å²) in [4.78, 5) is 10.9. The molecule has 0 N–H and O–H groups in total. The van der Waals surface area contributed by atoms with Gasteiger partial charge >= 0.3 is 5.97 Å². The summed E-state index contributed by atoms with van der Waals surface area (Å²) in [5, 5.41) is 1.39. The Morgan fingerprint density at radius 2 is 1.94 bits per heavy atom. The standard InChI is InChI=1S/C13H20O2Si/c1-10(15-11(2)14)12-7-6-8-13(9-12)16(3,4)5/h6-10H,1-5H3/t10-/m1/s1. The zero-order chi connectivity index (χ0) is 12.3. The molecule has 1 rings (SSSR count). The maximum atomic E-state index is 10.9. The van der Waals surface area contributed by atoms with E-state index in [0.29, 0.717) is 0 Å². The van der Waals surface area contributed by atoms with Crippen LogP contribution in [0.3, 0.4) is 0 Å². The normalized spacial score (nSPS) is 13.3. The molecule has 1 aromatic rings. The number of hydrogen-bond donors (Lipinski definition) is 0. The molecular formula is C13H20O2Si. The average molecular weight is 236 g/mol. The topological polar surface area (TPSA) is 26.3 Å². The minimum Gasteiger partial charge on any atom is -0.458 e. The second-order valence-electron chi connectivity index (χ2n) is 5.13. The minimum atomic E-state index is -1.29. The molecule has 0 unspecified atom stereocenters. The lowest BCUT2D eigenvalue weighted by atomic mass is 10.1. The van der Waals surface area contributed by atoms with E-state index in [9.17, 15) is 4.79 Å². The molecule has 0 bridgehead atoms. The fraction of sp³-hybridized carbons (Fsp3) is 0.462. The molecule has 2 nitrogen and oxygen atoms in total. The lowest BCUT2D eigenvalue weighted by Gasteiger charge is -2.19. The molecule has 1 aromatic carbocycles. The first-order chi connectivity index (χ1) is 7.30. The van der Waals surface area contributed by atoms with Crippen molar-refractivity contribution >= 4 is 19.2 Å². The van der Waals surface area contributed by atoms with E-state index in [1.165, 1.54) is 12.1 Å². The van der Waals surface area contributed by atoms with Crippen molar-refractivity contribution in [3.63, 3.8) is 0 Å². The largest absolute Gasteiger partial charge is 0.458 e. The highest BCUT2D eigenvalue weighted by Gasteiger charge is 2.18. The van der Waals surface area contributed by atoms with Gasteiger partial charge in [-0.1, -0.05) is 49.1 Å². The molecule has 3 heteroatoms. The Morgan fingerprint density at radius 1 is 1.31 bits per heavy atom. The highest BCUT2D eigenvalue weighted by Crippen LogP contribution is 2.16. The minimum absolute atomic E-state index is 0.159. The first-order valence-electron chi connectivity index (χ1n) is 5.58. The predicted molar refractivity (Wildman–Crippen MR) is 69.6 cm³/mol. The third kappa shape index (κ3) is 3.49. The van der Waals surface area contributed by atoms with Gasteiger partial charge in [0, 0.05) is 6.92 Å². The number of esters is 1. The van der Waals surface area contributed by atoms with Crippen molar-refractivity contribution < 1.29 is 9.53 Å². The summed E-state index contributed by atoms with van der Waals surface area (Å²) in [6, 6.07) is 8.39. The number of carbonyl (C=O) groups is 1. The van der Waals surface area contributed by atoms with Gasteiger partial charge in [0.1, 0.15) is 6.10 Å². The third-order valence-electron chi connectivity index (χ3n) is 2.56. The molecule has 0 amide bonds. The molecule has 88 valence electrons. The molecule has 0 heterocycles. The molecule has 0 spiro atoms. The summed E-state index contributed by atoms with van der Waals surface area (Å²) in [5.74, 6) is -0.231. The maximum Gasteiger partial charge on any atom is 0.303 e. The summed E-state index contributed by atoms with van der Waals surface area (Å²) < 4.78 is 5.18. The molecule has 0 aliphatic rings. The second-order valence-corrected chi connectivity index (χ2v) is 10.2. The van der Waals surface area contributed by atoms with Crippen LogP contribution in [0.1, 0.15) is 25.5 Å². The van der Waals surface area contributed by atoms with Crippen molar-refractivity contribution in [1.82, 2.24) is 0 Å². The smallest absolute Gasteiger partial charge is 0.303 e. The van der Waals surface area contributed by atoms with Crippen molar-refractivity contribution in [1.29, 1.82) is 0 Å². The Kier molecular flexibility index (Phi) is 3.91. The van der Waals surface area contributed by atoms with Gasteiger partial charge in [0.2, 0.25) is 0 Å². The molecule has 0 saturated carbocycles. The highest BCUT2D eigenvalue weighted by molar-refractivity contribution is 6.88. The first kappa shape index (κ1) is 13.0. The maximum absolute atomic E-state index is 10.9. The molecule has 0 aromatic heterocycles. The average Bonchev–Trinajstić information content (AvgIpc) is 2.15. The van der Waals surface area contributed by atoms with Gasteiger partial charge in [0.05, 0.1) is 8.07 Å². The van der Waals surface area contributed by atoms with Crippen LogP contribution in [0.25, 0.3) is 0 Å². The van der Waals surface area contributed by atoms with Crippen molar-refractivity contribution in [3.8, 4) is 0 Å². The van der Waals surface area contributed by atoms with E-state index in [-0.39, 0.29) is 12.1 Å². The highest BCUT2D eigenvalue weighted by atomic mass is 28.3. The van der Waals surface area contributed by atoms with Gasteiger partial charge in [0.25, 0.3) is 0 Å². The van der Waals surface area contributed by atoms with Gasteiger partial charge in [-0.15, -0.1) is 0 Å².